The number of hydrogen-bond acceptors (Lipinski definition) is 5. The number of para-hydroxylation sites is 1. The van der Waals surface area contributed by atoms with Crippen molar-refractivity contribution >= 4 is 44.6 Å². The molecule has 2 atom stereocenters. The van der Waals surface area contributed by atoms with E-state index in [9.17, 15) is 0 Å². The van der Waals surface area contributed by atoms with Gasteiger partial charge in [0, 0.05) is 18.1 Å². The number of fused-ring (bicyclic) bond motifs is 1. The fourth-order valence-electron chi connectivity index (χ4n) is 5.59. The lowest BCUT2D eigenvalue weighted by molar-refractivity contribution is 0.210. The first-order valence-electron chi connectivity index (χ1n) is 13.1. The molecule has 1 saturated heterocycles. The maximum absolute atomic E-state index is 6.23. The molecule has 1 saturated carbocycles. The van der Waals surface area contributed by atoms with Crippen LogP contribution in [0.1, 0.15) is 49.2 Å². The summed E-state index contributed by atoms with van der Waals surface area (Å²) < 4.78 is 9.58. The van der Waals surface area contributed by atoms with Gasteiger partial charge >= 0.3 is 0 Å². The fourth-order valence-corrected chi connectivity index (χ4v) is 6.91. The largest absolute Gasteiger partial charge is 0.490 e. The number of ether oxygens (including phenoxy) is 1. The predicted molar refractivity (Wildman–Crippen MR) is 156 cm³/mol. The average molecular weight is 538 g/mol. The molecule has 0 bridgehead atoms. The molecule has 2 aliphatic rings. The van der Waals surface area contributed by atoms with Gasteiger partial charge in [-0.2, -0.15) is 0 Å². The third-order valence-electron chi connectivity index (χ3n) is 7.39. The maximum atomic E-state index is 6.23. The average Bonchev–Trinajstić information content (AvgIpc) is 3.75. The Hall–Kier alpha value is -3.75. The summed E-state index contributed by atoms with van der Waals surface area (Å²) in [5, 5.41) is 5.18. The summed E-state index contributed by atoms with van der Waals surface area (Å²) in [6.07, 6.45) is 9.02. The Morgan fingerprint density at radius 1 is 0.921 bits per heavy atom. The van der Waals surface area contributed by atoms with E-state index < -0.39 is 0 Å². The van der Waals surface area contributed by atoms with Crippen LogP contribution in [0.15, 0.2) is 91.3 Å². The van der Waals surface area contributed by atoms with E-state index in [1.54, 1.807) is 11.3 Å². The van der Waals surface area contributed by atoms with Crippen molar-refractivity contribution in [3.63, 3.8) is 0 Å². The molecule has 1 N–H and O–H groups in total. The van der Waals surface area contributed by atoms with Crippen molar-refractivity contribution < 1.29 is 4.74 Å². The van der Waals surface area contributed by atoms with E-state index in [0.717, 1.165) is 46.3 Å². The highest BCUT2D eigenvalue weighted by molar-refractivity contribution is 7.80. The second kappa shape index (κ2) is 9.85. The van der Waals surface area contributed by atoms with Crippen molar-refractivity contribution in [1.82, 2.24) is 19.9 Å². The second-order valence-electron chi connectivity index (χ2n) is 9.78. The monoisotopic (exact) mass is 537 g/mol. The number of nitrogens with one attached hydrogen (secondary N) is 1. The third kappa shape index (κ3) is 4.23. The van der Waals surface area contributed by atoms with Gasteiger partial charge in [0.05, 0.1) is 33.8 Å². The Balaban J connectivity index is 1.29. The van der Waals surface area contributed by atoms with E-state index in [0.29, 0.717) is 11.2 Å². The summed E-state index contributed by atoms with van der Waals surface area (Å²) in [6, 6.07) is 26.6. The number of thiocarbonyl (C=S) groups is 1. The molecule has 3 aromatic heterocycles. The molecule has 7 rings (SSSR count). The first kappa shape index (κ1) is 23.4. The Morgan fingerprint density at radius 3 is 2.53 bits per heavy atom. The second-order valence-corrected chi connectivity index (χ2v) is 11.2. The Kier molecular flexibility index (Phi) is 6.06. The van der Waals surface area contributed by atoms with Gasteiger partial charge in [0.1, 0.15) is 11.8 Å². The standard InChI is InChI=1S/C30H27N5OS2/c37-29-33-27(24-11-5-6-18-31-24)28(35(29)20-14-16-22(17-15-20)36-21-8-1-2-9-21)25-12-7-19-34(25)30-32-23-10-3-4-13-26(23)38-30/h3-7,10-19,21,27-28H,1-2,8-9H2,(H,33,37). The SMILES string of the molecule is S=C1NC(c2ccccn2)C(c2cccn2-c2nc3ccccc3s2)N1c1ccc(OC2CCCC2)cc1. The summed E-state index contributed by atoms with van der Waals surface area (Å²) in [7, 11) is 0. The van der Waals surface area contributed by atoms with Crippen molar-refractivity contribution in [2.75, 3.05) is 4.90 Å². The molecule has 190 valence electrons. The van der Waals surface area contributed by atoms with Crippen molar-refractivity contribution in [1.29, 1.82) is 0 Å². The fraction of sp³-hybridized carbons (Fsp3) is 0.233. The first-order valence-corrected chi connectivity index (χ1v) is 14.3. The van der Waals surface area contributed by atoms with Crippen LogP contribution in [0.5, 0.6) is 5.75 Å². The van der Waals surface area contributed by atoms with Crippen LogP contribution in [0.4, 0.5) is 5.69 Å². The van der Waals surface area contributed by atoms with Gasteiger partial charge in [0.15, 0.2) is 10.2 Å². The molecule has 8 heteroatoms. The lowest BCUT2D eigenvalue weighted by Gasteiger charge is -2.28. The third-order valence-corrected chi connectivity index (χ3v) is 8.74. The molecular formula is C30H27N5OS2. The van der Waals surface area contributed by atoms with Crippen LogP contribution in [0, 0.1) is 0 Å². The highest BCUT2D eigenvalue weighted by Crippen LogP contribution is 2.43. The molecule has 5 aromatic rings. The van der Waals surface area contributed by atoms with E-state index in [2.05, 4.69) is 81.6 Å². The van der Waals surface area contributed by atoms with Gasteiger partial charge < -0.3 is 15.0 Å². The van der Waals surface area contributed by atoms with Crippen LogP contribution < -0.4 is 15.0 Å². The zero-order chi connectivity index (χ0) is 25.5. The number of rotatable bonds is 6. The zero-order valence-electron chi connectivity index (χ0n) is 20.7. The van der Waals surface area contributed by atoms with Gasteiger partial charge in [-0.15, -0.1) is 0 Å². The number of hydrogen-bond donors (Lipinski definition) is 1. The molecule has 6 nitrogen and oxygen atoms in total. The van der Waals surface area contributed by atoms with Crippen LogP contribution >= 0.6 is 23.6 Å². The van der Waals surface area contributed by atoms with E-state index in [4.69, 9.17) is 26.9 Å². The molecule has 0 spiro atoms. The van der Waals surface area contributed by atoms with Gasteiger partial charge in [-0.25, -0.2) is 4.98 Å². The van der Waals surface area contributed by atoms with Gasteiger partial charge in [0.2, 0.25) is 0 Å². The molecule has 1 aliphatic heterocycles. The molecule has 1 aliphatic carbocycles. The van der Waals surface area contributed by atoms with Gasteiger partial charge in [-0.3, -0.25) is 9.55 Å². The van der Waals surface area contributed by atoms with Gasteiger partial charge in [-0.1, -0.05) is 29.5 Å². The van der Waals surface area contributed by atoms with E-state index in [1.807, 2.05) is 24.4 Å². The molecule has 2 unspecified atom stereocenters. The minimum atomic E-state index is -0.124. The van der Waals surface area contributed by atoms with Crippen molar-refractivity contribution in [2.45, 2.75) is 43.9 Å². The minimum Gasteiger partial charge on any atom is -0.490 e. The zero-order valence-corrected chi connectivity index (χ0v) is 22.4. The molecule has 4 heterocycles. The summed E-state index contributed by atoms with van der Waals surface area (Å²) in [4.78, 5) is 11.8. The Labute approximate surface area is 230 Å². The quantitative estimate of drug-likeness (QED) is 0.236. The molecule has 2 aromatic carbocycles. The van der Waals surface area contributed by atoms with Crippen LogP contribution in [0.3, 0.4) is 0 Å². The van der Waals surface area contributed by atoms with Crippen molar-refractivity contribution in [2.24, 2.45) is 0 Å². The smallest absolute Gasteiger partial charge is 0.194 e. The lowest BCUT2D eigenvalue weighted by atomic mass is 10.0. The summed E-state index contributed by atoms with van der Waals surface area (Å²) in [5.41, 5.74) is 4.06. The molecule has 0 radical (unpaired) electrons. The van der Waals surface area contributed by atoms with E-state index >= 15 is 0 Å². The number of pyridine rings is 1. The van der Waals surface area contributed by atoms with Crippen molar-refractivity contribution in [3.8, 4) is 10.9 Å². The van der Waals surface area contributed by atoms with Gasteiger partial charge in [0.25, 0.3) is 0 Å². The van der Waals surface area contributed by atoms with Crippen LogP contribution in [-0.4, -0.2) is 25.8 Å². The van der Waals surface area contributed by atoms with Crippen LogP contribution in [0.25, 0.3) is 15.3 Å². The predicted octanol–water partition coefficient (Wildman–Crippen LogP) is 6.98. The number of thiazole rings is 1. The maximum Gasteiger partial charge on any atom is 0.194 e. The molecule has 38 heavy (non-hydrogen) atoms. The summed E-state index contributed by atoms with van der Waals surface area (Å²) in [5.74, 6) is 0.911. The van der Waals surface area contributed by atoms with E-state index in [-0.39, 0.29) is 12.1 Å². The highest BCUT2D eigenvalue weighted by atomic mass is 32.1. The Morgan fingerprint density at radius 2 is 1.74 bits per heavy atom. The number of aromatic nitrogens is 3. The lowest BCUT2D eigenvalue weighted by Crippen LogP contribution is -2.30. The number of nitrogens with zero attached hydrogens (tertiary/aromatic N) is 4. The number of anilines is 1. The molecule has 0 amide bonds. The van der Waals surface area contributed by atoms with E-state index in [1.165, 1.54) is 17.5 Å². The topological polar surface area (TPSA) is 55.2 Å². The summed E-state index contributed by atoms with van der Waals surface area (Å²) in [6.45, 7) is 0. The first-order chi connectivity index (χ1) is 18.7. The normalized spacial score (nSPS) is 19.8. The van der Waals surface area contributed by atoms with Crippen LogP contribution in [0.2, 0.25) is 0 Å². The van der Waals surface area contributed by atoms with Crippen molar-refractivity contribution in [3.05, 3.63) is 103 Å². The highest BCUT2D eigenvalue weighted by Gasteiger charge is 2.42. The Bertz CT molecular complexity index is 1540. The van der Waals surface area contributed by atoms with Crippen LogP contribution in [-0.2, 0) is 0 Å². The summed E-state index contributed by atoms with van der Waals surface area (Å²) >= 11 is 7.63. The minimum absolute atomic E-state index is 0.124. The van der Waals surface area contributed by atoms with Gasteiger partial charge in [-0.05, 0) is 98.6 Å². The molecular weight excluding hydrogens is 510 g/mol. The number of benzene rings is 2. The molecule has 2 fully saturated rings.